The van der Waals surface area contributed by atoms with Crippen LogP contribution in [0.15, 0.2) is 37.1 Å². The van der Waals surface area contributed by atoms with E-state index in [2.05, 4.69) is 34.6 Å². The fourth-order valence-corrected chi connectivity index (χ4v) is 3.17. The highest BCUT2D eigenvalue weighted by molar-refractivity contribution is 5.95. The Morgan fingerprint density at radius 1 is 1.40 bits per heavy atom. The molecule has 1 heterocycles. The van der Waals surface area contributed by atoms with Gasteiger partial charge in [-0.3, -0.25) is 4.79 Å². The van der Waals surface area contributed by atoms with E-state index in [1.807, 2.05) is 19.1 Å². The summed E-state index contributed by atoms with van der Waals surface area (Å²) in [6.45, 7) is 6.05. The van der Waals surface area contributed by atoms with Gasteiger partial charge in [0.1, 0.15) is 5.69 Å². The number of carbonyl (C=O) groups is 1. The molecule has 3 heteroatoms. The summed E-state index contributed by atoms with van der Waals surface area (Å²) in [4.78, 5) is 19.6. The van der Waals surface area contributed by atoms with Crippen molar-refractivity contribution in [2.75, 3.05) is 0 Å². The van der Waals surface area contributed by atoms with E-state index in [0.717, 1.165) is 35.1 Å². The van der Waals surface area contributed by atoms with Crippen molar-refractivity contribution >= 4 is 16.9 Å². The van der Waals surface area contributed by atoms with E-state index in [1.165, 1.54) is 24.6 Å². The molecule has 0 saturated heterocycles. The maximum Gasteiger partial charge on any atom is 0.202 e. The number of H-pyrrole nitrogens is 1. The predicted molar refractivity (Wildman–Crippen MR) is 102 cm³/mol. The number of hydrogen-bond donors (Lipinski definition) is 1. The molecule has 0 atom stereocenters. The Morgan fingerprint density at radius 3 is 2.88 bits per heavy atom. The summed E-state index contributed by atoms with van der Waals surface area (Å²) in [5.74, 6) is 2.73. The van der Waals surface area contributed by atoms with Crippen LogP contribution in [-0.4, -0.2) is 15.8 Å². The average Bonchev–Trinajstić information content (AvgIpc) is 3.12. The molecule has 0 aliphatic heterocycles. The standard InChI is InChI=1S/C22H22N2O/c1-4-19-14-23-22(24-19)21(25)13-18-11-10-17(15(2)3)12-20(18)16-8-6-5-7-9-16/h1,8,10-12,14H,2,5-7,9,13H2,3H3,(H,23,24). The first kappa shape index (κ1) is 17.0. The van der Waals surface area contributed by atoms with Crippen LogP contribution in [0.25, 0.3) is 11.1 Å². The second-order valence-corrected chi connectivity index (χ2v) is 6.52. The summed E-state index contributed by atoms with van der Waals surface area (Å²) >= 11 is 0. The Labute approximate surface area is 148 Å². The number of benzene rings is 1. The molecular formula is C22H22N2O. The number of rotatable bonds is 5. The first-order chi connectivity index (χ1) is 12.1. The van der Waals surface area contributed by atoms with Crippen molar-refractivity contribution in [3.8, 4) is 12.3 Å². The van der Waals surface area contributed by atoms with Crippen LogP contribution >= 0.6 is 0 Å². The highest BCUT2D eigenvalue weighted by Gasteiger charge is 2.17. The highest BCUT2D eigenvalue weighted by Crippen LogP contribution is 2.31. The van der Waals surface area contributed by atoms with Gasteiger partial charge in [0, 0.05) is 6.42 Å². The summed E-state index contributed by atoms with van der Waals surface area (Å²) in [5, 5.41) is 0. The van der Waals surface area contributed by atoms with E-state index in [1.54, 1.807) is 0 Å². The number of imidazole rings is 1. The van der Waals surface area contributed by atoms with Gasteiger partial charge in [0.25, 0.3) is 0 Å². The van der Waals surface area contributed by atoms with Gasteiger partial charge in [-0.05, 0) is 60.9 Å². The lowest BCUT2D eigenvalue weighted by atomic mass is 9.87. The Balaban J connectivity index is 1.94. The van der Waals surface area contributed by atoms with Gasteiger partial charge < -0.3 is 4.98 Å². The van der Waals surface area contributed by atoms with E-state index in [-0.39, 0.29) is 5.78 Å². The van der Waals surface area contributed by atoms with E-state index in [4.69, 9.17) is 6.42 Å². The monoisotopic (exact) mass is 330 g/mol. The fourth-order valence-electron chi connectivity index (χ4n) is 3.17. The molecule has 1 aliphatic rings. The fraction of sp³-hybridized carbons (Fsp3) is 0.273. The third kappa shape index (κ3) is 3.80. The summed E-state index contributed by atoms with van der Waals surface area (Å²) in [6, 6.07) is 6.24. The third-order valence-electron chi connectivity index (χ3n) is 4.59. The summed E-state index contributed by atoms with van der Waals surface area (Å²) < 4.78 is 0. The van der Waals surface area contributed by atoms with Gasteiger partial charge in [-0.15, -0.1) is 6.42 Å². The molecule has 0 radical (unpaired) electrons. The summed E-state index contributed by atoms with van der Waals surface area (Å²) in [6.07, 6.45) is 14.0. The number of aromatic nitrogens is 2. The minimum atomic E-state index is -0.0535. The summed E-state index contributed by atoms with van der Waals surface area (Å²) in [7, 11) is 0. The molecule has 1 aromatic heterocycles. The molecule has 0 bridgehead atoms. The minimum absolute atomic E-state index is 0.0535. The van der Waals surface area contributed by atoms with Crippen LogP contribution in [0.1, 0.15) is 65.6 Å². The molecule has 126 valence electrons. The number of Topliss-reactive ketones (excluding diaryl/α,β-unsaturated/α-hetero) is 1. The largest absolute Gasteiger partial charge is 0.329 e. The van der Waals surface area contributed by atoms with Crippen molar-refractivity contribution in [2.45, 2.75) is 39.0 Å². The lowest BCUT2D eigenvalue weighted by Gasteiger charge is -2.18. The Morgan fingerprint density at radius 2 is 2.24 bits per heavy atom. The SMILES string of the molecule is C#Cc1cnc(C(=O)Cc2ccc(C(=C)C)cc2C2=CCCCC2)[nH]1. The van der Waals surface area contributed by atoms with Gasteiger partial charge >= 0.3 is 0 Å². The van der Waals surface area contributed by atoms with Gasteiger partial charge in [-0.1, -0.05) is 36.3 Å². The second kappa shape index (κ2) is 7.36. The van der Waals surface area contributed by atoms with Crippen molar-refractivity contribution in [3.63, 3.8) is 0 Å². The van der Waals surface area contributed by atoms with Crippen LogP contribution in [-0.2, 0) is 6.42 Å². The molecule has 0 amide bonds. The van der Waals surface area contributed by atoms with E-state index in [0.29, 0.717) is 17.9 Å². The van der Waals surface area contributed by atoms with E-state index < -0.39 is 0 Å². The maximum absolute atomic E-state index is 12.6. The van der Waals surface area contributed by atoms with Crippen LogP contribution in [0.2, 0.25) is 0 Å². The first-order valence-corrected chi connectivity index (χ1v) is 8.61. The topological polar surface area (TPSA) is 45.8 Å². The smallest absolute Gasteiger partial charge is 0.202 e. The maximum atomic E-state index is 12.6. The van der Waals surface area contributed by atoms with Crippen LogP contribution in [0.3, 0.4) is 0 Å². The quantitative estimate of drug-likeness (QED) is 0.632. The highest BCUT2D eigenvalue weighted by atomic mass is 16.1. The molecule has 0 fully saturated rings. The molecule has 3 nitrogen and oxygen atoms in total. The molecule has 0 spiro atoms. The van der Waals surface area contributed by atoms with Crippen LogP contribution in [0.5, 0.6) is 0 Å². The van der Waals surface area contributed by atoms with E-state index in [9.17, 15) is 4.79 Å². The Bertz CT molecular complexity index is 893. The Kier molecular flexibility index (Phi) is 5.00. The predicted octanol–water partition coefficient (Wildman–Crippen LogP) is 4.81. The number of terminal acetylenes is 1. The zero-order valence-corrected chi connectivity index (χ0v) is 14.6. The van der Waals surface area contributed by atoms with Crippen LogP contribution < -0.4 is 0 Å². The molecule has 3 rings (SSSR count). The molecule has 0 unspecified atom stereocenters. The zero-order valence-electron chi connectivity index (χ0n) is 14.6. The normalized spacial score (nSPS) is 13.8. The lowest BCUT2D eigenvalue weighted by Crippen LogP contribution is -2.08. The number of carbonyl (C=O) groups excluding carboxylic acids is 1. The average molecular weight is 330 g/mol. The van der Waals surface area contributed by atoms with Crippen LogP contribution in [0, 0.1) is 12.3 Å². The zero-order chi connectivity index (χ0) is 17.8. The minimum Gasteiger partial charge on any atom is -0.329 e. The van der Waals surface area contributed by atoms with Crippen molar-refractivity contribution < 1.29 is 4.79 Å². The first-order valence-electron chi connectivity index (χ1n) is 8.61. The van der Waals surface area contributed by atoms with Gasteiger partial charge in [0.05, 0.1) is 6.20 Å². The molecule has 1 aromatic carbocycles. The second-order valence-electron chi connectivity index (χ2n) is 6.52. The van der Waals surface area contributed by atoms with Gasteiger partial charge in [-0.25, -0.2) is 4.98 Å². The molecule has 2 aromatic rings. The van der Waals surface area contributed by atoms with Gasteiger partial charge in [0.15, 0.2) is 5.82 Å². The Hall–Kier alpha value is -2.86. The third-order valence-corrected chi connectivity index (χ3v) is 4.59. The van der Waals surface area contributed by atoms with Crippen molar-refractivity contribution in [1.29, 1.82) is 0 Å². The lowest BCUT2D eigenvalue weighted by molar-refractivity contribution is 0.0984. The number of hydrogen-bond acceptors (Lipinski definition) is 2. The number of allylic oxidation sites excluding steroid dienone is 3. The van der Waals surface area contributed by atoms with Crippen LogP contribution in [0.4, 0.5) is 0 Å². The molecule has 1 N–H and O–H groups in total. The van der Waals surface area contributed by atoms with Crippen molar-refractivity contribution in [3.05, 3.63) is 65.3 Å². The number of aromatic amines is 1. The number of nitrogens with zero attached hydrogens (tertiary/aromatic N) is 1. The number of nitrogens with one attached hydrogen (secondary N) is 1. The van der Waals surface area contributed by atoms with Gasteiger partial charge in [-0.2, -0.15) is 0 Å². The van der Waals surface area contributed by atoms with E-state index >= 15 is 0 Å². The van der Waals surface area contributed by atoms with Crippen molar-refractivity contribution in [2.24, 2.45) is 0 Å². The number of ketones is 1. The molecule has 25 heavy (non-hydrogen) atoms. The molecular weight excluding hydrogens is 308 g/mol. The van der Waals surface area contributed by atoms with Gasteiger partial charge in [0.2, 0.25) is 5.78 Å². The summed E-state index contributed by atoms with van der Waals surface area (Å²) in [5.41, 5.74) is 6.20. The van der Waals surface area contributed by atoms with Crippen molar-refractivity contribution in [1.82, 2.24) is 9.97 Å². The molecule has 0 saturated carbocycles. The molecule has 1 aliphatic carbocycles.